The van der Waals surface area contributed by atoms with Crippen molar-refractivity contribution < 1.29 is 4.79 Å². The van der Waals surface area contributed by atoms with Crippen molar-refractivity contribution in [3.8, 4) is 0 Å². The highest BCUT2D eigenvalue weighted by Gasteiger charge is 2.10. The van der Waals surface area contributed by atoms with Crippen LogP contribution in [0, 0.1) is 5.92 Å². The molecule has 70 valence electrons. The molecule has 3 heteroatoms. The van der Waals surface area contributed by atoms with Gasteiger partial charge in [0.15, 0.2) is 0 Å². The van der Waals surface area contributed by atoms with Crippen LogP contribution in [-0.4, -0.2) is 17.3 Å². The zero-order valence-electron chi connectivity index (χ0n) is 7.90. The summed E-state index contributed by atoms with van der Waals surface area (Å²) in [5, 5.41) is 3.10. The zero-order valence-corrected chi connectivity index (χ0v) is 7.90. The Bertz CT molecular complexity index is 259. The Labute approximate surface area is 78.2 Å². The van der Waals surface area contributed by atoms with Gasteiger partial charge in [-0.25, -0.2) is 0 Å². The van der Waals surface area contributed by atoms with Gasteiger partial charge in [-0.05, 0) is 18.1 Å². The molecule has 1 unspecified atom stereocenters. The molecule has 0 spiro atoms. The zero-order chi connectivity index (χ0) is 9.68. The number of nitrogens with one attached hydrogen (secondary N) is 1. The predicted octanol–water partition coefficient (Wildman–Crippen LogP) is 1.72. The van der Waals surface area contributed by atoms with Gasteiger partial charge in [-0.15, -0.1) is 0 Å². The fraction of sp³-hybridized carbons (Fsp3) is 0.400. The van der Waals surface area contributed by atoms with Crippen LogP contribution in [0.1, 0.15) is 13.8 Å². The van der Waals surface area contributed by atoms with Crippen molar-refractivity contribution in [3.63, 3.8) is 0 Å². The van der Waals surface area contributed by atoms with E-state index in [9.17, 15) is 4.79 Å². The lowest BCUT2D eigenvalue weighted by Crippen LogP contribution is -2.26. The average Bonchev–Trinajstić information content (AvgIpc) is 2.15. The van der Waals surface area contributed by atoms with E-state index >= 15 is 0 Å². The van der Waals surface area contributed by atoms with Gasteiger partial charge in [0, 0.05) is 12.4 Å². The highest BCUT2D eigenvalue weighted by molar-refractivity contribution is 5.64. The summed E-state index contributed by atoms with van der Waals surface area (Å²) < 4.78 is 0. The summed E-state index contributed by atoms with van der Waals surface area (Å²) >= 11 is 0. The molecule has 3 nitrogen and oxygen atoms in total. The van der Waals surface area contributed by atoms with Crippen LogP contribution >= 0.6 is 0 Å². The molecule has 1 aromatic rings. The van der Waals surface area contributed by atoms with Crippen molar-refractivity contribution in [1.82, 2.24) is 4.98 Å². The van der Waals surface area contributed by atoms with Crippen LogP contribution in [0.2, 0.25) is 0 Å². The number of carbonyl (C=O) groups is 1. The Morgan fingerprint density at radius 2 is 2.31 bits per heavy atom. The van der Waals surface area contributed by atoms with Gasteiger partial charge in [0.05, 0.1) is 11.7 Å². The van der Waals surface area contributed by atoms with Gasteiger partial charge in [-0.3, -0.25) is 4.98 Å². The van der Waals surface area contributed by atoms with Gasteiger partial charge >= 0.3 is 0 Å². The second-order valence-electron chi connectivity index (χ2n) is 3.29. The third-order valence-electron chi connectivity index (χ3n) is 1.86. The maximum atomic E-state index is 10.7. The number of carbonyl (C=O) groups excluding carboxylic acids is 1. The maximum Gasteiger partial charge on any atom is 0.142 e. The van der Waals surface area contributed by atoms with Crippen LogP contribution in [0.5, 0.6) is 0 Å². The topological polar surface area (TPSA) is 42.0 Å². The number of anilines is 1. The molecule has 0 saturated heterocycles. The molecular formula is C10H14N2O. The molecule has 0 amide bonds. The lowest BCUT2D eigenvalue weighted by atomic mass is 10.1. The van der Waals surface area contributed by atoms with Crippen molar-refractivity contribution in [1.29, 1.82) is 0 Å². The van der Waals surface area contributed by atoms with Crippen molar-refractivity contribution in [2.45, 2.75) is 19.9 Å². The van der Waals surface area contributed by atoms with Gasteiger partial charge in [-0.1, -0.05) is 13.8 Å². The third-order valence-corrected chi connectivity index (χ3v) is 1.86. The standard InChI is InChI=1S/C10H14N2O/c1-8(2)10(7-13)12-9-4-3-5-11-6-9/h3-8,10,12H,1-2H3. The summed E-state index contributed by atoms with van der Waals surface area (Å²) in [6.45, 7) is 4.00. The molecular weight excluding hydrogens is 164 g/mol. The summed E-state index contributed by atoms with van der Waals surface area (Å²) in [5.74, 6) is 0.290. The molecule has 0 aliphatic rings. The van der Waals surface area contributed by atoms with Crippen molar-refractivity contribution >= 4 is 12.0 Å². The maximum absolute atomic E-state index is 10.7. The average molecular weight is 178 g/mol. The highest BCUT2D eigenvalue weighted by atomic mass is 16.1. The van der Waals surface area contributed by atoms with Crippen LogP contribution in [0.3, 0.4) is 0 Å². The van der Waals surface area contributed by atoms with Gasteiger partial charge < -0.3 is 10.1 Å². The van der Waals surface area contributed by atoms with Crippen LogP contribution in [0.4, 0.5) is 5.69 Å². The normalized spacial score (nSPS) is 12.5. The molecule has 1 aromatic heterocycles. The number of aromatic nitrogens is 1. The molecule has 1 atom stereocenters. The summed E-state index contributed by atoms with van der Waals surface area (Å²) in [5.41, 5.74) is 0.883. The molecule has 0 saturated carbocycles. The van der Waals surface area contributed by atoms with E-state index in [4.69, 9.17) is 0 Å². The number of aldehydes is 1. The van der Waals surface area contributed by atoms with E-state index in [0.29, 0.717) is 0 Å². The smallest absolute Gasteiger partial charge is 0.142 e. The first-order chi connectivity index (χ1) is 6.24. The Hall–Kier alpha value is -1.38. The molecule has 1 N–H and O–H groups in total. The number of nitrogens with zero attached hydrogens (tertiary/aromatic N) is 1. The molecule has 13 heavy (non-hydrogen) atoms. The minimum absolute atomic E-state index is 0.135. The lowest BCUT2D eigenvalue weighted by Gasteiger charge is -2.16. The summed E-state index contributed by atoms with van der Waals surface area (Å²) in [6, 6.07) is 3.60. The fourth-order valence-corrected chi connectivity index (χ4v) is 0.998. The van der Waals surface area contributed by atoms with Gasteiger partial charge in [0.25, 0.3) is 0 Å². The van der Waals surface area contributed by atoms with Gasteiger partial charge in [0.1, 0.15) is 6.29 Å². The predicted molar refractivity (Wildman–Crippen MR) is 52.5 cm³/mol. The Morgan fingerprint density at radius 1 is 1.54 bits per heavy atom. The van der Waals surface area contributed by atoms with Gasteiger partial charge in [-0.2, -0.15) is 0 Å². The first-order valence-corrected chi connectivity index (χ1v) is 4.36. The molecule has 0 bridgehead atoms. The number of hydrogen-bond acceptors (Lipinski definition) is 3. The molecule has 0 radical (unpaired) electrons. The number of pyridine rings is 1. The minimum Gasteiger partial charge on any atom is -0.374 e. The molecule has 0 aromatic carbocycles. The molecule has 1 rings (SSSR count). The van der Waals surface area contributed by atoms with Crippen molar-refractivity contribution in [2.75, 3.05) is 5.32 Å². The number of rotatable bonds is 4. The first kappa shape index (κ1) is 9.71. The van der Waals surface area contributed by atoms with Crippen LogP contribution in [-0.2, 0) is 4.79 Å². The van der Waals surface area contributed by atoms with E-state index in [1.165, 1.54) is 0 Å². The fourth-order valence-electron chi connectivity index (χ4n) is 0.998. The summed E-state index contributed by atoms with van der Waals surface area (Å²) in [6.07, 6.45) is 4.34. The second-order valence-corrected chi connectivity index (χ2v) is 3.29. The molecule has 0 aliphatic heterocycles. The van der Waals surface area contributed by atoms with Crippen LogP contribution in [0.25, 0.3) is 0 Å². The van der Waals surface area contributed by atoms with Gasteiger partial charge in [0.2, 0.25) is 0 Å². The number of hydrogen-bond donors (Lipinski definition) is 1. The molecule has 0 fully saturated rings. The molecule has 1 heterocycles. The van der Waals surface area contributed by atoms with Crippen LogP contribution in [0.15, 0.2) is 24.5 Å². The van der Waals surface area contributed by atoms with Crippen LogP contribution < -0.4 is 5.32 Å². The van der Waals surface area contributed by atoms with E-state index in [1.807, 2.05) is 26.0 Å². The third kappa shape index (κ3) is 2.86. The largest absolute Gasteiger partial charge is 0.374 e. The summed E-state index contributed by atoms with van der Waals surface area (Å²) in [7, 11) is 0. The Morgan fingerprint density at radius 3 is 2.77 bits per heavy atom. The van der Waals surface area contributed by atoms with E-state index in [1.54, 1.807) is 12.4 Å². The SMILES string of the molecule is CC(C)C(C=O)Nc1cccnc1. The first-order valence-electron chi connectivity index (χ1n) is 4.36. The Balaban J connectivity index is 2.62. The second kappa shape index (κ2) is 4.60. The monoisotopic (exact) mass is 178 g/mol. The van der Waals surface area contributed by atoms with E-state index < -0.39 is 0 Å². The van der Waals surface area contributed by atoms with E-state index in [2.05, 4.69) is 10.3 Å². The summed E-state index contributed by atoms with van der Waals surface area (Å²) in [4.78, 5) is 14.6. The quantitative estimate of drug-likeness (QED) is 0.714. The highest BCUT2D eigenvalue weighted by Crippen LogP contribution is 2.09. The Kier molecular flexibility index (Phi) is 3.43. The van der Waals surface area contributed by atoms with E-state index in [0.717, 1.165) is 12.0 Å². The molecule has 0 aliphatic carbocycles. The minimum atomic E-state index is -0.135. The lowest BCUT2D eigenvalue weighted by molar-refractivity contribution is -0.109. The van der Waals surface area contributed by atoms with Crippen molar-refractivity contribution in [3.05, 3.63) is 24.5 Å². The van der Waals surface area contributed by atoms with Crippen molar-refractivity contribution in [2.24, 2.45) is 5.92 Å². The van der Waals surface area contributed by atoms with E-state index in [-0.39, 0.29) is 12.0 Å².